The quantitative estimate of drug-likeness (QED) is 0.782. The van der Waals surface area contributed by atoms with Gasteiger partial charge in [0.15, 0.2) is 0 Å². The molecule has 2 nitrogen and oxygen atoms in total. The molecule has 1 aromatic heterocycles. The number of nitrogens with one attached hydrogen (secondary N) is 1. The first-order chi connectivity index (χ1) is 7.59. The maximum atomic E-state index is 11.7. The molecule has 1 rings (SSSR count). The first kappa shape index (κ1) is 13.9. The molecule has 0 aromatic carbocycles. The van der Waals surface area contributed by atoms with Gasteiger partial charge in [-0.3, -0.25) is 4.79 Å². The van der Waals surface area contributed by atoms with Crippen molar-refractivity contribution in [2.24, 2.45) is 0 Å². The van der Waals surface area contributed by atoms with Crippen molar-refractivity contribution in [2.45, 2.75) is 39.2 Å². The van der Waals surface area contributed by atoms with E-state index < -0.39 is 0 Å². The van der Waals surface area contributed by atoms with Gasteiger partial charge in [0, 0.05) is 28.2 Å². The highest BCUT2D eigenvalue weighted by Gasteiger charge is 2.07. The second kappa shape index (κ2) is 7.20. The minimum atomic E-state index is 0.328. The fourth-order valence-corrected chi connectivity index (χ4v) is 2.92. The minimum absolute atomic E-state index is 0.328. The van der Waals surface area contributed by atoms with E-state index in [1.807, 2.05) is 11.4 Å². The summed E-state index contributed by atoms with van der Waals surface area (Å²) >= 11 is 5.08. The largest absolute Gasteiger partial charge is 0.315 e. The molecule has 0 radical (unpaired) electrons. The number of thiophene rings is 1. The molecule has 0 atom stereocenters. The van der Waals surface area contributed by atoms with Gasteiger partial charge in [0.2, 0.25) is 0 Å². The van der Waals surface area contributed by atoms with Gasteiger partial charge in [0.25, 0.3) is 0 Å². The summed E-state index contributed by atoms with van der Waals surface area (Å²) in [6.45, 7) is 5.16. The van der Waals surface area contributed by atoms with Crippen LogP contribution in [0.4, 0.5) is 0 Å². The van der Waals surface area contributed by atoms with Crippen LogP contribution in [0.1, 0.15) is 31.6 Å². The van der Waals surface area contributed by atoms with Crippen LogP contribution in [-0.2, 0) is 11.2 Å². The number of hydrogen-bond donors (Lipinski definition) is 1. The molecule has 1 aromatic rings. The van der Waals surface area contributed by atoms with Crippen molar-refractivity contribution in [1.82, 2.24) is 5.32 Å². The summed E-state index contributed by atoms with van der Waals surface area (Å²) < 4.78 is 1.06. The average molecular weight is 304 g/mol. The molecule has 0 aliphatic rings. The van der Waals surface area contributed by atoms with Crippen LogP contribution in [0.25, 0.3) is 0 Å². The Morgan fingerprint density at radius 3 is 2.88 bits per heavy atom. The normalized spacial score (nSPS) is 11.0. The molecule has 0 saturated heterocycles. The first-order valence-electron chi connectivity index (χ1n) is 5.56. The van der Waals surface area contributed by atoms with Crippen molar-refractivity contribution >= 4 is 33.0 Å². The molecule has 0 unspecified atom stereocenters. The van der Waals surface area contributed by atoms with E-state index in [-0.39, 0.29) is 0 Å². The molecule has 4 heteroatoms. The predicted octanol–water partition coefficient (Wildman–Crippen LogP) is 3.40. The lowest BCUT2D eigenvalue weighted by Gasteiger charge is -2.06. The molecule has 0 saturated carbocycles. The zero-order valence-corrected chi connectivity index (χ0v) is 12.2. The summed E-state index contributed by atoms with van der Waals surface area (Å²) in [7, 11) is 0. The highest BCUT2D eigenvalue weighted by molar-refractivity contribution is 9.10. The molecule has 0 spiro atoms. The molecule has 1 N–H and O–H groups in total. The number of carbonyl (C=O) groups excluding carboxylic acids is 1. The molecule has 16 heavy (non-hydrogen) atoms. The van der Waals surface area contributed by atoms with Crippen molar-refractivity contribution in [3.8, 4) is 0 Å². The van der Waals surface area contributed by atoms with Gasteiger partial charge in [-0.2, -0.15) is 0 Å². The van der Waals surface area contributed by atoms with Crippen molar-refractivity contribution in [3.63, 3.8) is 0 Å². The van der Waals surface area contributed by atoms with Gasteiger partial charge in [-0.15, -0.1) is 11.3 Å². The topological polar surface area (TPSA) is 29.1 Å². The highest BCUT2D eigenvalue weighted by atomic mass is 79.9. The Bertz CT molecular complexity index is 336. The summed E-state index contributed by atoms with van der Waals surface area (Å²) in [6.07, 6.45) is 2.17. The number of halogens is 1. The SMILES string of the molecule is CC(C)NCCCC(=O)Cc1sccc1Br. The van der Waals surface area contributed by atoms with Gasteiger partial charge in [-0.1, -0.05) is 13.8 Å². The molecule has 0 bridgehead atoms. The second-order valence-electron chi connectivity index (χ2n) is 4.12. The summed E-state index contributed by atoms with van der Waals surface area (Å²) in [5, 5.41) is 5.32. The number of Topliss-reactive ketones (excluding diaryl/α,β-unsaturated/α-hetero) is 1. The van der Waals surface area contributed by atoms with Gasteiger partial charge in [0.1, 0.15) is 5.78 Å². The maximum absolute atomic E-state index is 11.7. The van der Waals surface area contributed by atoms with Crippen molar-refractivity contribution < 1.29 is 4.79 Å². The van der Waals surface area contributed by atoms with E-state index in [0.717, 1.165) is 22.3 Å². The van der Waals surface area contributed by atoms with E-state index in [9.17, 15) is 4.79 Å². The van der Waals surface area contributed by atoms with Gasteiger partial charge in [-0.05, 0) is 40.3 Å². The van der Waals surface area contributed by atoms with E-state index >= 15 is 0 Å². The smallest absolute Gasteiger partial charge is 0.138 e. The molecule has 0 fully saturated rings. The molecule has 90 valence electrons. The highest BCUT2D eigenvalue weighted by Crippen LogP contribution is 2.23. The summed E-state index contributed by atoms with van der Waals surface area (Å²) in [5.41, 5.74) is 0. The van der Waals surface area contributed by atoms with Crippen LogP contribution in [0.3, 0.4) is 0 Å². The Kier molecular flexibility index (Phi) is 6.24. The number of hydrogen-bond acceptors (Lipinski definition) is 3. The zero-order chi connectivity index (χ0) is 12.0. The Morgan fingerprint density at radius 2 is 2.31 bits per heavy atom. The minimum Gasteiger partial charge on any atom is -0.315 e. The van der Waals surface area contributed by atoms with Crippen LogP contribution in [0.15, 0.2) is 15.9 Å². The lowest BCUT2D eigenvalue weighted by atomic mass is 10.1. The van der Waals surface area contributed by atoms with Gasteiger partial charge < -0.3 is 5.32 Å². The number of rotatable bonds is 7. The second-order valence-corrected chi connectivity index (χ2v) is 5.97. The lowest BCUT2D eigenvalue weighted by molar-refractivity contribution is -0.118. The van der Waals surface area contributed by atoms with Gasteiger partial charge >= 0.3 is 0 Å². The third-order valence-electron chi connectivity index (χ3n) is 2.23. The van der Waals surface area contributed by atoms with Crippen LogP contribution in [0.5, 0.6) is 0 Å². The molecule has 1 heterocycles. The molecule has 0 aliphatic heterocycles. The zero-order valence-electron chi connectivity index (χ0n) is 9.75. The van der Waals surface area contributed by atoms with Crippen LogP contribution in [-0.4, -0.2) is 18.4 Å². The predicted molar refractivity (Wildman–Crippen MR) is 73.1 cm³/mol. The maximum Gasteiger partial charge on any atom is 0.138 e. The van der Waals surface area contributed by atoms with E-state index in [1.165, 1.54) is 0 Å². The first-order valence-corrected chi connectivity index (χ1v) is 7.24. The fraction of sp³-hybridized carbons (Fsp3) is 0.583. The van der Waals surface area contributed by atoms with Crippen LogP contribution >= 0.6 is 27.3 Å². The van der Waals surface area contributed by atoms with Gasteiger partial charge in [-0.25, -0.2) is 0 Å². The van der Waals surface area contributed by atoms with E-state index in [4.69, 9.17) is 0 Å². The van der Waals surface area contributed by atoms with Crippen LogP contribution in [0.2, 0.25) is 0 Å². The van der Waals surface area contributed by atoms with Crippen LogP contribution in [0, 0.1) is 0 Å². The summed E-state index contributed by atoms with van der Waals surface area (Å²) in [4.78, 5) is 12.8. The third-order valence-corrected chi connectivity index (χ3v) is 4.16. The summed E-state index contributed by atoms with van der Waals surface area (Å²) in [6, 6.07) is 2.50. The number of carbonyl (C=O) groups is 1. The van der Waals surface area contributed by atoms with Crippen LogP contribution < -0.4 is 5.32 Å². The lowest BCUT2D eigenvalue weighted by Crippen LogP contribution is -2.24. The summed E-state index contributed by atoms with van der Waals surface area (Å²) in [5.74, 6) is 0.328. The molecule has 0 aliphatic carbocycles. The van der Waals surface area contributed by atoms with Gasteiger partial charge in [0.05, 0.1) is 0 Å². The Labute approximate surface area is 110 Å². The monoisotopic (exact) mass is 303 g/mol. The number of ketones is 1. The average Bonchev–Trinajstić information content (AvgIpc) is 2.59. The molecule has 0 amide bonds. The Balaban J connectivity index is 2.19. The fourth-order valence-electron chi connectivity index (χ4n) is 1.39. The van der Waals surface area contributed by atoms with Crippen molar-refractivity contribution in [1.29, 1.82) is 0 Å². The Hall–Kier alpha value is -0.190. The Morgan fingerprint density at radius 1 is 1.56 bits per heavy atom. The van der Waals surface area contributed by atoms with E-state index in [1.54, 1.807) is 11.3 Å². The van der Waals surface area contributed by atoms with Crippen molar-refractivity contribution in [3.05, 3.63) is 20.8 Å². The third kappa shape index (κ3) is 5.23. The standard InChI is InChI=1S/C12H18BrNOS/c1-9(2)14-6-3-4-10(15)8-12-11(13)5-7-16-12/h5,7,9,14H,3-4,6,8H2,1-2H3. The van der Waals surface area contributed by atoms with E-state index in [0.29, 0.717) is 24.7 Å². The molecular formula is C12H18BrNOS. The van der Waals surface area contributed by atoms with E-state index in [2.05, 4.69) is 35.1 Å². The molecular weight excluding hydrogens is 286 g/mol. The van der Waals surface area contributed by atoms with Crippen molar-refractivity contribution in [2.75, 3.05) is 6.54 Å².